The summed E-state index contributed by atoms with van der Waals surface area (Å²) in [4.78, 5) is 22.2. The van der Waals surface area contributed by atoms with Gasteiger partial charge in [0.05, 0.1) is 0 Å². The number of esters is 1. The summed E-state index contributed by atoms with van der Waals surface area (Å²) >= 11 is 0. The third kappa shape index (κ3) is 3.57. The molecule has 4 heteroatoms. The number of hydrogen-bond donors (Lipinski definition) is 1. The molecule has 1 aromatic rings. The summed E-state index contributed by atoms with van der Waals surface area (Å²) < 4.78 is 4.81. The van der Waals surface area contributed by atoms with E-state index in [9.17, 15) is 14.7 Å². The Labute approximate surface area is 93.2 Å². The number of ketones is 1. The molecule has 0 spiro atoms. The molecule has 1 aromatic carbocycles. The van der Waals surface area contributed by atoms with Crippen molar-refractivity contribution in [3.05, 3.63) is 42.2 Å². The van der Waals surface area contributed by atoms with E-state index in [1.165, 1.54) is 0 Å². The summed E-state index contributed by atoms with van der Waals surface area (Å²) in [5, 5.41) is 9.25. The predicted molar refractivity (Wildman–Crippen MR) is 58.1 cm³/mol. The molecular weight excluding hydrogens is 208 g/mol. The lowest BCUT2D eigenvalue weighted by Gasteiger charge is -2.02. The van der Waals surface area contributed by atoms with Crippen LogP contribution >= 0.6 is 0 Å². The Morgan fingerprint density at radius 2 is 1.94 bits per heavy atom. The van der Waals surface area contributed by atoms with Crippen LogP contribution < -0.4 is 4.74 Å². The smallest absolute Gasteiger partial charge is 0.378 e. The van der Waals surface area contributed by atoms with Gasteiger partial charge in [-0.05, 0) is 12.1 Å². The zero-order chi connectivity index (χ0) is 12.0. The van der Waals surface area contributed by atoms with Crippen molar-refractivity contribution in [1.82, 2.24) is 0 Å². The van der Waals surface area contributed by atoms with Crippen molar-refractivity contribution in [2.24, 2.45) is 0 Å². The van der Waals surface area contributed by atoms with E-state index in [0.29, 0.717) is 5.75 Å². The van der Waals surface area contributed by atoms with Crippen LogP contribution in [-0.4, -0.2) is 16.9 Å². The number of para-hydroxylation sites is 1. The van der Waals surface area contributed by atoms with E-state index in [0.717, 1.165) is 6.08 Å². The second-order valence-corrected chi connectivity index (χ2v) is 3.05. The summed E-state index contributed by atoms with van der Waals surface area (Å²) in [6, 6.07) is 8.31. The fraction of sp³-hybridized carbons (Fsp3) is 0.167. The maximum atomic E-state index is 11.3. The molecule has 0 saturated carbocycles. The molecule has 0 aromatic heterocycles. The third-order valence-electron chi connectivity index (χ3n) is 1.81. The SMILES string of the molecule is CCC(=O)C=C(O)C(=O)Oc1ccccc1. The fourth-order valence-corrected chi connectivity index (χ4v) is 0.961. The van der Waals surface area contributed by atoms with Crippen LogP contribution in [-0.2, 0) is 9.59 Å². The molecule has 0 radical (unpaired) electrons. The van der Waals surface area contributed by atoms with Crippen LogP contribution in [0.2, 0.25) is 0 Å². The minimum absolute atomic E-state index is 0.225. The van der Waals surface area contributed by atoms with E-state index in [1.807, 2.05) is 0 Å². The van der Waals surface area contributed by atoms with Gasteiger partial charge in [-0.25, -0.2) is 4.79 Å². The van der Waals surface area contributed by atoms with Gasteiger partial charge in [-0.2, -0.15) is 0 Å². The van der Waals surface area contributed by atoms with Gasteiger partial charge in [-0.1, -0.05) is 25.1 Å². The van der Waals surface area contributed by atoms with Crippen LogP contribution in [0.5, 0.6) is 5.75 Å². The molecule has 0 unspecified atom stereocenters. The zero-order valence-corrected chi connectivity index (χ0v) is 8.84. The van der Waals surface area contributed by atoms with Crippen LogP contribution in [0.3, 0.4) is 0 Å². The number of carbonyl (C=O) groups is 2. The lowest BCUT2D eigenvalue weighted by atomic mass is 10.3. The molecule has 0 aliphatic rings. The first-order valence-corrected chi connectivity index (χ1v) is 4.84. The molecule has 84 valence electrons. The highest BCUT2D eigenvalue weighted by molar-refractivity contribution is 5.98. The monoisotopic (exact) mass is 220 g/mol. The number of rotatable bonds is 4. The van der Waals surface area contributed by atoms with Crippen LogP contribution in [0.15, 0.2) is 42.2 Å². The Kier molecular flexibility index (Phi) is 4.27. The first-order valence-electron chi connectivity index (χ1n) is 4.84. The normalized spacial score (nSPS) is 10.9. The van der Waals surface area contributed by atoms with Gasteiger partial charge in [0, 0.05) is 12.5 Å². The van der Waals surface area contributed by atoms with Crippen LogP contribution in [0.4, 0.5) is 0 Å². The van der Waals surface area contributed by atoms with Crippen molar-refractivity contribution < 1.29 is 19.4 Å². The molecule has 16 heavy (non-hydrogen) atoms. The van der Waals surface area contributed by atoms with Gasteiger partial charge >= 0.3 is 5.97 Å². The quantitative estimate of drug-likeness (QED) is 0.365. The number of allylic oxidation sites excluding steroid dienone is 1. The van der Waals surface area contributed by atoms with E-state index >= 15 is 0 Å². The van der Waals surface area contributed by atoms with Crippen molar-refractivity contribution in [2.45, 2.75) is 13.3 Å². The zero-order valence-electron chi connectivity index (χ0n) is 8.84. The van der Waals surface area contributed by atoms with Crippen molar-refractivity contribution >= 4 is 11.8 Å². The summed E-state index contributed by atoms with van der Waals surface area (Å²) in [5.41, 5.74) is 0. The molecule has 0 atom stereocenters. The Morgan fingerprint density at radius 3 is 2.50 bits per heavy atom. The molecule has 0 saturated heterocycles. The minimum atomic E-state index is -0.937. The maximum Gasteiger partial charge on any atom is 0.378 e. The lowest BCUT2D eigenvalue weighted by molar-refractivity contribution is -0.133. The number of aliphatic hydroxyl groups excluding tert-OH is 1. The first-order chi connectivity index (χ1) is 7.63. The second-order valence-electron chi connectivity index (χ2n) is 3.05. The van der Waals surface area contributed by atoms with Gasteiger partial charge in [0.15, 0.2) is 5.78 Å². The van der Waals surface area contributed by atoms with Crippen molar-refractivity contribution in [3.63, 3.8) is 0 Å². The topological polar surface area (TPSA) is 63.6 Å². The molecular formula is C12H12O4. The van der Waals surface area contributed by atoms with Crippen LogP contribution in [0, 0.1) is 0 Å². The van der Waals surface area contributed by atoms with Gasteiger partial charge in [0.25, 0.3) is 0 Å². The molecule has 1 N–H and O–H groups in total. The molecule has 0 aliphatic carbocycles. The number of hydrogen-bond acceptors (Lipinski definition) is 4. The molecule has 0 bridgehead atoms. The van der Waals surface area contributed by atoms with Gasteiger partial charge in [-0.15, -0.1) is 0 Å². The number of carbonyl (C=O) groups excluding carboxylic acids is 2. The standard InChI is InChI=1S/C12H12O4/c1-2-9(13)8-11(14)12(15)16-10-6-4-3-5-7-10/h3-8,14H,2H2,1H3. The van der Waals surface area contributed by atoms with E-state index in [4.69, 9.17) is 4.74 Å². The highest BCUT2D eigenvalue weighted by Crippen LogP contribution is 2.10. The Bertz CT molecular complexity index is 406. The van der Waals surface area contributed by atoms with Crippen molar-refractivity contribution in [1.29, 1.82) is 0 Å². The molecule has 0 aliphatic heterocycles. The molecule has 1 rings (SSSR count). The van der Waals surface area contributed by atoms with Crippen LogP contribution in [0.25, 0.3) is 0 Å². The Hall–Kier alpha value is -2.10. The molecule has 0 fully saturated rings. The van der Waals surface area contributed by atoms with E-state index < -0.39 is 11.7 Å². The number of ether oxygens (including phenoxy) is 1. The molecule has 0 heterocycles. The lowest BCUT2D eigenvalue weighted by Crippen LogP contribution is -2.12. The third-order valence-corrected chi connectivity index (χ3v) is 1.81. The fourth-order valence-electron chi connectivity index (χ4n) is 0.961. The Balaban J connectivity index is 2.66. The number of aliphatic hydroxyl groups is 1. The average molecular weight is 220 g/mol. The predicted octanol–water partition coefficient (Wildman–Crippen LogP) is 2.01. The highest BCUT2D eigenvalue weighted by Gasteiger charge is 2.11. The van der Waals surface area contributed by atoms with Crippen LogP contribution in [0.1, 0.15) is 13.3 Å². The van der Waals surface area contributed by atoms with Gasteiger partial charge < -0.3 is 9.84 Å². The first kappa shape index (κ1) is 12.0. The summed E-state index contributed by atoms with van der Waals surface area (Å²) in [5.74, 6) is -1.64. The highest BCUT2D eigenvalue weighted by atomic mass is 16.5. The molecule has 0 amide bonds. The van der Waals surface area contributed by atoms with Gasteiger partial charge in [0.2, 0.25) is 5.76 Å². The minimum Gasteiger partial charge on any atom is -0.502 e. The second kappa shape index (κ2) is 5.70. The summed E-state index contributed by atoms with van der Waals surface area (Å²) in [7, 11) is 0. The summed E-state index contributed by atoms with van der Waals surface area (Å²) in [6.45, 7) is 1.63. The van der Waals surface area contributed by atoms with Gasteiger partial charge in [-0.3, -0.25) is 4.79 Å². The van der Waals surface area contributed by atoms with Gasteiger partial charge in [0.1, 0.15) is 5.75 Å². The maximum absolute atomic E-state index is 11.3. The summed E-state index contributed by atoms with van der Waals surface area (Å²) in [6.07, 6.45) is 1.09. The molecule has 4 nitrogen and oxygen atoms in total. The van der Waals surface area contributed by atoms with Crippen molar-refractivity contribution in [2.75, 3.05) is 0 Å². The van der Waals surface area contributed by atoms with E-state index in [2.05, 4.69) is 0 Å². The average Bonchev–Trinajstić information content (AvgIpc) is 2.30. The van der Waals surface area contributed by atoms with E-state index in [1.54, 1.807) is 37.3 Å². The van der Waals surface area contributed by atoms with Crippen molar-refractivity contribution in [3.8, 4) is 5.75 Å². The van der Waals surface area contributed by atoms with E-state index in [-0.39, 0.29) is 12.2 Å². The Morgan fingerprint density at radius 1 is 1.31 bits per heavy atom. The number of benzene rings is 1. The largest absolute Gasteiger partial charge is 0.502 e.